The van der Waals surface area contributed by atoms with Gasteiger partial charge in [-0.25, -0.2) is 0 Å². The van der Waals surface area contributed by atoms with Crippen molar-refractivity contribution < 1.29 is 8.85 Å². The Balaban J connectivity index is 1.72. The summed E-state index contributed by atoms with van der Waals surface area (Å²) in [7, 11) is -1.06. The van der Waals surface area contributed by atoms with Crippen molar-refractivity contribution in [2.24, 2.45) is 17.8 Å². The highest BCUT2D eigenvalue weighted by Crippen LogP contribution is 2.65. The van der Waals surface area contributed by atoms with E-state index in [1.807, 2.05) is 0 Å². The average molecular weight is 281 g/mol. The second-order valence-corrected chi connectivity index (χ2v) is 9.40. The van der Waals surface area contributed by atoms with Crippen molar-refractivity contribution in [3.05, 3.63) is 0 Å². The third kappa shape index (κ3) is 2.79. The Morgan fingerprint density at radius 1 is 0.842 bits per heavy atom. The van der Waals surface area contributed by atoms with Crippen LogP contribution in [0.25, 0.3) is 0 Å². The van der Waals surface area contributed by atoms with Crippen LogP contribution in [0, 0.1) is 17.8 Å². The fourth-order valence-electron chi connectivity index (χ4n) is 5.10. The minimum atomic E-state index is -1.06. The first kappa shape index (κ1) is 14.1. The topological polar surface area (TPSA) is 18.5 Å². The Kier molecular flexibility index (Phi) is 4.35. The van der Waals surface area contributed by atoms with Crippen LogP contribution in [0.5, 0.6) is 0 Å². The largest absolute Gasteiger partial charge is 0.393 e. The molecule has 0 amide bonds. The van der Waals surface area contributed by atoms with E-state index in [4.69, 9.17) is 8.85 Å². The summed E-state index contributed by atoms with van der Waals surface area (Å²) in [5.74, 6) is 3.00. The first-order valence-corrected chi connectivity index (χ1v) is 9.70. The summed E-state index contributed by atoms with van der Waals surface area (Å²) >= 11 is 0. The molecule has 0 aromatic heterocycles. The molecule has 4 fully saturated rings. The second-order valence-electron chi connectivity index (χ2n) is 7.18. The van der Waals surface area contributed by atoms with E-state index in [2.05, 4.69) is 13.8 Å². The number of hydrogen-bond donors (Lipinski definition) is 0. The van der Waals surface area contributed by atoms with Crippen LogP contribution in [-0.2, 0) is 8.85 Å². The van der Waals surface area contributed by atoms with E-state index in [0.29, 0.717) is 5.04 Å². The van der Waals surface area contributed by atoms with E-state index in [1.54, 1.807) is 0 Å². The molecule has 1 radical (unpaired) electrons. The van der Waals surface area contributed by atoms with Gasteiger partial charge in [0.15, 0.2) is 0 Å². The normalized spacial score (nSPS) is 40.3. The van der Waals surface area contributed by atoms with Crippen molar-refractivity contribution in [3.63, 3.8) is 0 Å². The lowest BCUT2D eigenvalue weighted by molar-refractivity contribution is 0.00377. The van der Waals surface area contributed by atoms with Crippen LogP contribution < -0.4 is 0 Å². The first-order valence-electron chi connectivity index (χ1n) is 8.38. The standard InChI is InChI=1S/C16H29O2Si/c1-3-5-17-19(18-6-4-2)16-10-13-7-14(11-16)9-15(8-13)12-16/h13-15H,3-12H2,1-2H3. The van der Waals surface area contributed by atoms with Gasteiger partial charge in [-0.1, -0.05) is 13.8 Å². The zero-order valence-electron chi connectivity index (χ0n) is 12.6. The van der Waals surface area contributed by atoms with Gasteiger partial charge in [-0.05, 0) is 69.1 Å². The third-order valence-electron chi connectivity index (χ3n) is 5.35. The molecular weight excluding hydrogens is 252 g/mol. The molecule has 0 aromatic rings. The maximum Gasteiger partial charge on any atom is 0.391 e. The number of rotatable bonds is 7. The zero-order valence-corrected chi connectivity index (χ0v) is 13.6. The highest BCUT2D eigenvalue weighted by atomic mass is 28.3. The van der Waals surface area contributed by atoms with Crippen LogP contribution in [0.2, 0.25) is 5.04 Å². The van der Waals surface area contributed by atoms with Gasteiger partial charge in [-0.3, -0.25) is 0 Å². The van der Waals surface area contributed by atoms with E-state index in [0.717, 1.165) is 43.8 Å². The minimum Gasteiger partial charge on any atom is -0.393 e. The highest BCUT2D eigenvalue weighted by Gasteiger charge is 2.57. The van der Waals surface area contributed by atoms with Crippen LogP contribution in [-0.4, -0.2) is 22.5 Å². The Labute approximate surface area is 120 Å². The van der Waals surface area contributed by atoms with Gasteiger partial charge in [-0.2, -0.15) is 0 Å². The molecule has 4 saturated carbocycles. The van der Waals surface area contributed by atoms with E-state index in [1.165, 1.54) is 38.5 Å². The van der Waals surface area contributed by atoms with Crippen LogP contribution in [0.15, 0.2) is 0 Å². The van der Waals surface area contributed by atoms with E-state index in [-0.39, 0.29) is 0 Å². The minimum absolute atomic E-state index is 0.476. The molecule has 0 aromatic carbocycles. The molecule has 0 saturated heterocycles. The molecule has 4 aliphatic carbocycles. The van der Waals surface area contributed by atoms with Crippen molar-refractivity contribution in [2.45, 2.75) is 70.3 Å². The summed E-state index contributed by atoms with van der Waals surface area (Å²) in [6.07, 6.45) is 11.0. The quantitative estimate of drug-likeness (QED) is 0.648. The fourth-order valence-corrected chi connectivity index (χ4v) is 7.94. The molecule has 0 heterocycles. The monoisotopic (exact) mass is 281 g/mol. The van der Waals surface area contributed by atoms with Crippen LogP contribution >= 0.6 is 0 Å². The smallest absolute Gasteiger partial charge is 0.391 e. The van der Waals surface area contributed by atoms with Gasteiger partial charge >= 0.3 is 9.28 Å². The molecule has 4 aliphatic rings. The molecule has 0 aliphatic heterocycles. The molecule has 3 heteroatoms. The summed E-state index contributed by atoms with van der Waals surface area (Å²) < 4.78 is 12.5. The van der Waals surface area contributed by atoms with Gasteiger partial charge in [0.05, 0.1) is 0 Å². The molecule has 19 heavy (non-hydrogen) atoms. The van der Waals surface area contributed by atoms with E-state index >= 15 is 0 Å². The molecule has 0 N–H and O–H groups in total. The van der Waals surface area contributed by atoms with Crippen LogP contribution in [0.4, 0.5) is 0 Å². The highest BCUT2D eigenvalue weighted by molar-refractivity contribution is 6.48. The SMILES string of the molecule is CCCO[Si](OCCC)C12CC3CC(CC(C3)C1)C2. The van der Waals surface area contributed by atoms with Gasteiger partial charge in [0.25, 0.3) is 0 Å². The Morgan fingerprint density at radius 3 is 1.63 bits per heavy atom. The van der Waals surface area contributed by atoms with Crippen molar-refractivity contribution in [3.8, 4) is 0 Å². The molecule has 2 nitrogen and oxygen atoms in total. The van der Waals surface area contributed by atoms with Gasteiger partial charge < -0.3 is 8.85 Å². The van der Waals surface area contributed by atoms with Crippen molar-refractivity contribution in [1.82, 2.24) is 0 Å². The summed E-state index contributed by atoms with van der Waals surface area (Å²) in [6, 6.07) is 0. The van der Waals surface area contributed by atoms with Gasteiger partial charge in [0, 0.05) is 18.3 Å². The Morgan fingerprint density at radius 2 is 1.26 bits per heavy atom. The molecule has 0 atom stereocenters. The van der Waals surface area contributed by atoms with Gasteiger partial charge in [-0.15, -0.1) is 0 Å². The molecule has 4 rings (SSSR count). The molecule has 0 unspecified atom stereocenters. The maximum atomic E-state index is 6.26. The van der Waals surface area contributed by atoms with Gasteiger partial charge in [0.1, 0.15) is 0 Å². The second kappa shape index (κ2) is 5.86. The van der Waals surface area contributed by atoms with Crippen molar-refractivity contribution in [2.75, 3.05) is 13.2 Å². The van der Waals surface area contributed by atoms with Gasteiger partial charge in [0.2, 0.25) is 0 Å². The molecular formula is C16H29O2Si. The maximum absolute atomic E-state index is 6.26. The first-order chi connectivity index (χ1) is 9.25. The Bertz CT molecular complexity index is 262. The van der Waals surface area contributed by atoms with Crippen LogP contribution in [0.3, 0.4) is 0 Å². The Hall–Kier alpha value is 0.137. The van der Waals surface area contributed by atoms with Crippen molar-refractivity contribution >= 4 is 9.28 Å². The predicted molar refractivity (Wildman–Crippen MR) is 79.1 cm³/mol. The molecule has 4 bridgehead atoms. The summed E-state index contributed by atoms with van der Waals surface area (Å²) in [5.41, 5.74) is 0. The van der Waals surface area contributed by atoms with Crippen LogP contribution in [0.1, 0.15) is 65.2 Å². The fraction of sp³-hybridized carbons (Fsp3) is 1.00. The lowest BCUT2D eigenvalue weighted by atomic mass is 9.56. The number of hydrogen-bond acceptors (Lipinski definition) is 2. The summed E-state index contributed by atoms with van der Waals surface area (Å²) in [6.45, 7) is 6.22. The lowest BCUT2D eigenvalue weighted by Crippen LogP contribution is -2.51. The zero-order chi connectivity index (χ0) is 13.3. The molecule has 0 spiro atoms. The average Bonchev–Trinajstić information content (AvgIpc) is 2.37. The predicted octanol–water partition coefficient (Wildman–Crippen LogP) is 4.30. The lowest BCUT2D eigenvalue weighted by Gasteiger charge is -2.57. The van der Waals surface area contributed by atoms with E-state index in [9.17, 15) is 0 Å². The van der Waals surface area contributed by atoms with E-state index < -0.39 is 9.28 Å². The third-order valence-corrected chi connectivity index (χ3v) is 7.76. The summed E-state index contributed by atoms with van der Waals surface area (Å²) in [4.78, 5) is 0. The molecule has 109 valence electrons. The summed E-state index contributed by atoms with van der Waals surface area (Å²) in [5, 5.41) is 0.476. The van der Waals surface area contributed by atoms with Crippen molar-refractivity contribution in [1.29, 1.82) is 0 Å².